The first-order valence-electron chi connectivity index (χ1n) is 10.4. The van der Waals surface area contributed by atoms with Gasteiger partial charge in [0.25, 0.3) is 0 Å². The van der Waals surface area contributed by atoms with Crippen molar-refractivity contribution in [3.8, 4) is 5.75 Å². The van der Waals surface area contributed by atoms with Gasteiger partial charge in [-0.3, -0.25) is 9.89 Å². The van der Waals surface area contributed by atoms with Crippen molar-refractivity contribution < 1.29 is 23.0 Å². The summed E-state index contributed by atoms with van der Waals surface area (Å²) in [6.07, 6.45) is -4.19. The minimum Gasteiger partial charge on any atom is -0.491 e. The molecule has 0 amide bonds. The van der Waals surface area contributed by atoms with Gasteiger partial charge >= 0.3 is 6.18 Å². The summed E-state index contributed by atoms with van der Waals surface area (Å²) in [5.41, 5.74) is 0.714. The first-order chi connectivity index (χ1) is 14.2. The van der Waals surface area contributed by atoms with Crippen LogP contribution in [-0.2, 0) is 0 Å². The molecule has 2 rings (SSSR count). The fourth-order valence-corrected chi connectivity index (χ4v) is 3.41. The van der Waals surface area contributed by atoms with Crippen LogP contribution >= 0.6 is 0 Å². The number of hydrogen-bond donors (Lipinski definition) is 3. The molecule has 30 heavy (non-hydrogen) atoms. The van der Waals surface area contributed by atoms with Crippen LogP contribution in [-0.4, -0.2) is 67.5 Å². The van der Waals surface area contributed by atoms with E-state index in [1.165, 1.54) is 4.90 Å². The van der Waals surface area contributed by atoms with Crippen molar-refractivity contribution >= 4 is 5.96 Å². The van der Waals surface area contributed by atoms with Crippen molar-refractivity contribution in [2.75, 3.05) is 39.3 Å². The highest BCUT2D eigenvalue weighted by Gasteiger charge is 2.34. The van der Waals surface area contributed by atoms with E-state index in [1.807, 2.05) is 39.0 Å². The van der Waals surface area contributed by atoms with E-state index in [0.717, 1.165) is 0 Å². The maximum absolute atomic E-state index is 12.5. The van der Waals surface area contributed by atoms with Crippen LogP contribution in [0.2, 0.25) is 0 Å². The molecule has 1 fully saturated rings. The number of likely N-dealkylation sites (tertiary alicyclic amines) is 1. The topological polar surface area (TPSA) is 69.1 Å². The molecule has 9 heteroatoms. The van der Waals surface area contributed by atoms with Crippen LogP contribution in [0, 0.1) is 5.92 Å². The molecule has 0 saturated carbocycles. The second kappa shape index (κ2) is 11.4. The highest BCUT2D eigenvalue weighted by Crippen LogP contribution is 2.23. The molecule has 2 atom stereocenters. The summed E-state index contributed by atoms with van der Waals surface area (Å²) in [6.45, 7) is 7.15. The molecule has 1 saturated heterocycles. The molecule has 0 radical (unpaired) electrons. The van der Waals surface area contributed by atoms with E-state index in [1.54, 1.807) is 6.07 Å². The maximum atomic E-state index is 12.5. The van der Waals surface area contributed by atoms with Gasteiger partial charge in [0.15, 0.2) is 5.96 Å². The Labute approximate surface area is 176 Å². The number of aliphatic hydroxyl groups excluding tert-OH is 1. The lowest BCUT2D eigenvalue weighted by atomic mass is 10.1. The average molecular weight is 431 g/mol. The van der Waals surface area contributed by atoms with Crippen molar-refractivity contribution in [1.82, 2.24) is 15.5 Å². The number of rotatable bonds is 9. The Kier molecular flexibility index (Phi) is 9.23. The molecule has 1 aliphatic heterocycles. The first kappa shape index (κ1) is 24.3. The van der Waals surface area contributed by atoms with Gasteiger partial charge in [-0.25, -0.2) is 0 Å². The van der Waals surface area contributed by atoms with Gasteiger partial charge in [-0.15, -0.1) is 0 Å². The van der Waals surface area contributed by atoms with E-state index in [9.17, 15) is 18.3 Å². The van der Waals surface area contributed by atoms with Gasteiger partial charge in [-0.1, -0.05) is 12.1 Å². The van der Waals surface area contributed by atoms with E-state index in [4.69, 9.17) is 4.74 Å². The average Bonchev–Trinajstić information content (AvgIpc) is 3.09. The number of hydrogen-bond acceptors (Lipinski definition) is 4. The Bertz CT molecular complexity index is 682. The molecule has 6 nitrogen and oxygen atoms in total. The summed E-state index contributed by atoms with van der Waals surface area (Å²) in [7, 11) is 0. The number of ether oxygens (including phenoxy) is 1. The van der Waals surface area contributed by atoms with Crippen LogP contribution in [0.3, 0.4) is 0 Å². The zero-order valence-corrected chi connectivity index (χ0v) is 17.9. The fraction of sp³-hybridized carbons (Fsp3) is 0.667. The number of halogens is 3. The lowest BCUT2D eigenvalue weighted by molar-refractivity contribution is -0.143. The van der Waals surface area contributed by atoms with Crippen LogP contribution < -0.4 is 15.4 Å². The number of aliphatic imine (C=N–C) groups is 1. The SMILES string of the molecule is CCNC(=NCC(O)c1cccc(OC(C)C)c1)NCC1CCN(CC(F)(F)F)C1. The standard InChI is InChI=1S/C21H33F3N4O2/c1-4-25-20(26-11-16-8-9-28(13-16)14-21(22,23)24)27-12-19(29)17-6-5-7-18(10-17)30-15(2)3/h5-7,10,15-16,19,29H,4,8-9,11-14H2,1-3H3,(H2,25,26,27). The summed E-state index contributed by atoms with van der Waals surface area (Å²) in [6, 6.07) is 7.29. The smallest absolute Gasteiger partial charge is 0.401 e. The lowest BCUT2D eigenvalue weighted by Gasteiger charge is -2.19. The number of aliphatic hydroxyl groups is 1. The van der Waals surface area contributed by atoms with Gasteiger partial charge in [0.1, 0.15) is 5.75 Å². The second-order valence-electron chi connectivity index (χ2n) is 7.86. The molecule has 3 N–H and O–H groups in total. The van der Waals surface area contributed by atoms with Gasteiger partial charge in [-0.2, -0.15) is 13.2 Å². The van der Waals surface area contributed by atoms with Gasteiger partial charge in [0.05, 0.1) is 25.3 Å². The van der Waals surface area contributed by atoms with Crippen LogP contribution in [0.15, 0.2) is 29.3 Å². The van der Waals surface area contributed by atoms with Gasteiger partial charge < -0.3 is 20.5 Å². The summed E-state index contributed by atoms with van der Waals surface area (Å²) >= 11 is 0. The molecule has 1 aromatic carbocycles. The normalized spacial score (nSPS) is 19.2. The van der Waals surface area contributed by atoms with Crippen LogP contribution in [0.1, 0.15) is 38.9 Å². The highest BCUT2D eigenvalue weighted by atomic mass is 19.4. The summed E-state index contributed by atoms with van der Waals surface area (Å²) in [4.78, 5) is 5.87. The highest BCUT2D eigenvalue weighted by molar-refractivity contribution is 5.79. The molecule has 170 valence electrons. The number of nitrogens with zero attached hydrogens (tertiary/aromatic N) is 2. The zero-order valence-electron chi connectivity index (χ0n) is 17.9. The van der Waals surface area contributed by atoms with Crippen molar-refractivity contribution in [3.05, 3.63) is 29.8 Å². The quantitative estimate of drug-likeness (QED) is 0.415. The third-order valence-electron chi connectivity index (χ3n) is 4.71. The Hall–Kier alpha value is -2.00. The maximum Gasteiger partial charge on any atom is 0.401 e. The number of nitrogens with one attached hydrogen (secondary N) is 2. The first-order valence-corrected chi connectivity index (χ1v) is 10.4. The van der Waals surface area contributed by atoms with E-state index in [2.05, 4.69) is 15.6 Å². The number of alkyl halides is 3. The summed E-state index contributed by atoms with van der Waals surface area (Å²) < 4.78 is 43.3. The minimum absolute atomic E-state index is 0.0441. The van der Waals surface area contributed by atoms with E-state index in [-0.39, 0.29) is 18.6 Å². The molecule has 1 aromatic rings. The molecular formula is C21H33F3N4O2. The molecule has 1 heterocycles. The lowest BCUT2D eigenvalue weighted by Crippen LogP contribution is -2.41. The monoisotopic (exact) mass is 430 g/mol. The molecule has 0 bridgehead atoms. The Morgan fingerprint density at radius 2 is 2.10 bits per heavy atom. The minimum atomic E-state index is -4.16. The van der Waals surface area contributed by atoms with Gasteiger partial charge in [0, 0.05) is 19.6 Å². The van der Waals surface area contributed by atoms with Crippen molar-refractivity contribution in [1.29, 1.82) is 0 Å². The fourth-order valence-electron chi connectivity index (χ4n) is 3.41. The number of guanidine groups is 1. The largest absolute Gasteiger partial charge is 0.491 e. The van der Waals surface area contributed by atoms with E-state index in [0.29, 0.717) is 49.9 Å². The third kappa shape index (κ3) is 8.79. The predicted octanol–water partition coefficient (Wildman–Crippen LogP) is 2.95. The van der Waals surface area contributed by atoms with Crippen LogP contribution in [0.4, 0.5) is 13.2 Å². The molecule has 2 unspecified atom stereocenters. The summed E-state index contributed by atoms with van der Waals surface area (Å²) in [5.74, 6) is 1.37. The van der Waals surface area contributed by atoms with E-state index >= 15 is 0 Å². The predicted molar refractivity (Wildman–Crippen MR) is 112 cm³/mol. The molecule has 1 aliphatic rings. The molecule has 0 aliphatic carbocycles. The second-order valence-corrected chi connectivity index (χ2v) is 7.86. The van der Waals surface area contributed by atoms with Crippen LogP contribution in [0.25, 0.3) is 0 Å². The van der Waals surface area contributed by atoms with Crippen LogP contribution in [0.5, 0.6) is 5.75 Å². The van der Waals surface area contributed by atoms with E-state index < -0.39 is 18.8 Å². The molecule has 0 aromatic heterocycles. The molecule has 0 spiro atoms. The van der Waals surface area contributed by atoms with Crippen molar-refractivity contribution in [3.63, 3.8) is 0 Å². The van der Waals surface area contributed by atoms with Crippen molar-refractivity contribution in [2.45, 2.75) is 45.6 Å². The van der Waals surface area contributed by atoms with Crippen molar-refractivity contribution in [2.24, 2.45) is 10.9 Å². The number of benzene rings is 1. The molecular weight excluding hydrogens is 397 g/mol. The van der Waals surface area contributed by atoms with Gasteiger partial charge in [-0.05, 0) is 57.4 Å². The Morgan fingerprint density at radius 1 is 1.33 bits per heavy atom. The van der Waals surface area contributed by atoms with Gasteiger partial charge in [0.2, 0.25) is 0 Å². The summed E-state index contributed by atoms with van der Waals surface area (Å²) in [5, 5.41) is 16.8. The third-order valence-corrected chi connectivity index (χ3v) is 4.71. The Balaban J connectivity index is 1.87. The Morgan fingerprint density at radius 3 is 2.77 bits per heavy atom. The zero-order chi connectivity index (χ0) is 22.1.